The van der Waals surface area contributed by atoms with Gasteiger partial charge in [-0.15, -0.1) is 0 Å². The Hall–Kier alpha value is -0.980. The molecule has 0 amide bonds. The normalized spacial score (nSPS) is 22.5. The van der Waals surface area contributed by atoms with E-state index in [2.05, 4.69) is 10.1 Å². The zero-order chi connectivity index (χ0) is 11.4. The maximum Gasteiger partial charge on any atom is 0.229 e. The van der Waals surface area contributed by atoms with Gasteiger partial charge in [0.05, 0.1) is 25.2 Å². The van der Waals surface area contributed by atoms with Crippen molar-refractivity contribution in [3.63, 3.8) is 0 Å². The lowest BCUT2D eigenvalue weighted by molar-refractivity contribution is 0.104. The number of hydrogen-bond donors (Lipinski definition) is 1. The molecule has 1 aliphatic rings. The summed E-state index contributed by atoms with van der Waals surface area (Å²) in [7, 11) is 1.59. The molecule has 0 spiro atoms. The van der Waals surface area contributed by atoms with Crippen LogP contribution in [-0.4, -0.2) is 36.6 Å². The van der Waals surface area contributed by atoms with E-state index in [9.17, 15) is 0 Å². The van der Waals surface area contributed by atoms with Crippen molar-refractivity contribution < 1.29 is 14.0 Å². The predicted molar refractivity (Wildman–Crippen MR) is 55.8 cm³/mol. The maximum atomic E-state index is 5.79. The van der Waals surface area contributed by atoms with E-state index < -0.39 is 0 Å². The van der Waals surface area contributed by atoms with Crippen LogP contribution < -0.4 is 5.73 Å². The summed E-state index contributed by atoms with van der Waals surface area (Å²) >= 11 is 0. The minimum atomic E-state index is -0.327. The van der Waals surface area contributed by atoms with Gasteiger partial charge in [0, 0.05) is 13.7 Å². The Balaban J connectivity index is 1.90. The molecule has 0 bridgehead atoms. The standard InChI is InChI=1S/C10H17N3O3/c1-14-6-8(11)10-12-9(16-13-10)5-7-3-2-4-15-7/h7-8H,2-6,11H2,1H3. The zero-order valence-corrected chi connectivity index (χ0v) is 9.39. The lowest BCUT2D eigenvalue weighted by Gasteiger charge is -2.04. The second-order valence-corrected chi connectivity index (χ2v) is 3.95. The second-order valence-electron chi connectivity index (χ2n) is 3.95. The third kappa shape index (κ3) is 2.78. The molecule has 2 unspecified atom stereocenters. The monoisotopic (exact) mass is 227 g/mol. The van der Waals surface area contributed by atoms with Gasteiger partial charge < -0.3 is 19.7 Å². The Bertz CT molecular complexity index is 323. The van der Waals surface area contributed by atoms with Crippen LogP contribution in [0, 0.1) is 0 Å². The van der Waals surface area contributed by atoms with Crippen LogP contribution in [0.3, 0.4) is 0 Å². The molecule has 1 aromatic heterocycles. The van der Waals surface area contributed by atoms with Gasteiger partial charge in [-0.1, -0.05) is 5.16 Å². The first-order valence-corrected chi connectivity index (χ1v) is 5.48. The SMILES string of the molecule is COCC(N)c1noc(CC2CCCO2)n1. The summed E-state index contributed by atoms with van der Waals surface area (Å²) in [6, 6.07) is -0.327. The van der Waals surface area contributed by atoms with Crippen LogP contribution >= 0.6 is 0 Å². The molecule has 1 aromatic rings. The largest absolute Gasteiger partial charge is 0.383 e. The van der Waals surface area contributed by atoms with Crippen molar-refractivity contribution in [3.05, 3.63) is 11.7 Å². The van der Waals surface area contributed by atoms with Crippen molar-refractivity contribution in [2.45, 2.75) is 31.4 Å². The molecule has 0 aromatic carbocycles. The van der Waals surface area contributed by atoms with E-state index in [1.54, 1.807) is 7.11 Å². The lowest BCUT2D eigenvalue weighted by Crippen LogP contribution is -2.17. The highest BCUT2D eigenvalue weighted by atomic mass is 16.5. The molecule has 6 nitrogen and oxygen atoms in total. The van der Waals surface area contributed by atoms with E-state index in [1.165, 1.54) is 0 Å². The molecule has 1 aliphatic heterocycles. The Kier molecular flexibility index (Phi) is 3.87. The molecule has 6 heteroatoms. The molecule has 0 saturated carbocycles. The van der Waals surface area contributed by atoms with Crippen LogP contribution in [0.1, 0.15) is 30.6 Å². The summed E-state index contributed by atoms with van der Waals surface area (Å²) in [6.45, 7) is 1.22. The van der Waals surface area contributed by atoms with Gasteiger partial charge in [-0.05, 0) is 12.8 Å². The van der Waals surface area contributed by atoms with Gasteiger partial charge in [0.1, 0.15) is 0 Å². The molecule has 2 N–H and O–H groups in total. The average Bonchev–Trinajstić information content (AvgIpc) is 2.90. The summed E-state index contributed by atoms with van der Waals surface area (Å²) < 4.78 is 15.5. The van der Waals surface area contributed by atoms with Crippen LogP contribution in [0.4, 0.5) is 0 Å². The van der Waals surface area contributed by atoms with Crippen LogP contribution in [0.15, 0.2) is 4.52 Å². The molecule has 1 saturated heterocycles. The summed E-state index contributed by atoms with van der Waals surface area (Å²) in [5.74, 6) is 1.09. The minimum absolute atomic E-state index is 0.215. The van der Waals surface area contributed by atoms with Crippen LogP contribution in [0.25, 0.3) is 0 Å². The van der Waals surface area contributed by atoms with E-state index in [0.29, 0.717) is 24.7 Å². The molecule has 2 rings (SSSR count). The number of ether oxygens (including phenoxy) is 2. The maximum absolute atomic E-state index is 5.79. The summed E-state index contributed by atoms with van der Waals surface area (Å²) in [6.07, 6.45) is 3.05. The Morgan fingerprint density at radius 1 is 1.62 bits per heavy atom. The first kappa shape index (κ1) is 11.5. The first-order valence-electron chi connectivity index (χ1n) is 5.48. The van der Waals surface area contributed by atoms with E-state index in [0.717, 1.165) is 19.4 Å². The first-order chi connectivity index (χ1) is 7.79. The summed E-state index contributed by atoms with van der Waals surface area (Å²) in [5, 5.41) is 3.83. The van der Waals surface area contributed by atoms with Gasteiger partial charge >= 0.3 is 0 Å². The van der Waals surface area contributed by atoms with Gasteiger partial charge in [0.15, 0.2) is 5.82 Å². The van der Waals surface area contributed by atoms with Crippen molar-refractivity contribution in [2.24, 2.45) is 5.73 Å². The number of rotatable bonds is 5. The highest BCUT2D eigenvalue weighted by Crippen LogP contribution is 2.17. The summed E-state index contributed by atoms with van der Waals surface area (Å²) in [5.41, 5.74) is 5.79. The van der Waals surface area contributed by atoms with Crippen molar-refractivity contribution >= 4 is 0 Å². The fraction of sp³-hybridized carbons (Fsp3) is 0.800. The second kappa shape index (κ2) is 5.38. The number of methoxy groups -OCH3 is 1. The van der Waals surface area contributed by atoms with Crippen molar-refractivity contribution in [3.8, 4) is 0 Å². The molecule has 2 heterocycles. The Morgan fingerprint density at radius 2 is 2.50 bits per heavy atom. The van der Waals surface area contributed by atoms with Crippen LogP contribution in [-0.2, 0) is 15.9 Å². The number of nitrogens with zero attached hydrogens (tertiary/aromatic N) is 2. The smallest absolute Gasteiger partial charge is 0.229 e. The van der Waals surface area contributed by atoms with E-state index in [-0.39, 0.29) is 12.1 Å². The molecule has 0 radical (unpaired) electrons. The molecular weight excluding hydrogens is 210 g/mol. The van der Waals surface area contributed by atoms with Gasteiger partial charge in [-0.2, -0.15) is 4.98 Å². The van der Waals surface area contributed by atoms with Gasteiger partial charge in [0.2, 0.25) is 5.89 Å². The highest BCUT2D eigenvalue weighted by molar-refractivity contribution is 4.94. The topological polar surface area (TPSA) is 83.4 Å². The third-order valence-electron chi connectivity index (χ3n) is 2.59. The quantitative estimate of drug-likeness (QED) is 0.785. The van der Waals surface area contributed by atoms with Gasteiger partial charge in [-0.25, -0.2) is 0 Å². The number of aromatic nitrogens is 2. The summed E-state index contributed by atoms with van der Waals surface area (Å²) in [4.78, 5) is 4.23. The van der Waals surface area contributed by atoms with Crippen LogP contribution in [0.2, 0.25) is 0 Å². The fourth-order valence-electron chi connectivity index (χ4n) is 1.76. The molecule has 90 valence electrons. The van der Waals surface area contributed by atoms with E-state index >= 15 is 0 Å². The number of hydrogen-bond acceptors (Lipinski definition) is 6. The van der Waals surface area contributed by atoms with E-state index in [4.69, 9.17) is 19.7 Å². The van der Waals surface area contributed by atoms with E-state index in [1.807, 2.05) is 0 Å². The van der Waals surface area contributed by atoms with Crippen molar-refractivity contribution in [1.82, 2.24) is 10.1 Å². The van der Waals surface area contributed by atoms with Gasteiger partial charge in [0.25, 0.3) is 0 Å². The number of nitrogens with two attached hydrogens (primary N) is 1. The van der Waals surface area contributed by atoms with Gasteiger partial charge in [-0.3, -0.25) is 0 Å². The molecule has 0 aliphatic carbocycles. The minimum Gasteiger partial charge on any atom is -0.383 e. The molecule has 16 heavy (non-hydrogen) atoms. The highest BCUT2D eigenvalue weighted by Gasteiger charge is 2.20. The Labute approximate surface area is 94.1 Å². The lowest BCUT2D eigenvalue weighted by atomic mass is 10.2. The van der Waals surface area contributed by atoms with Crippen molar-refractivity contribution in [1.29, 1.82) is 0 Å². The molecular formula is C10H17N3O3. The molecule has 1 fully saturated rings. The van der Waals surface area contributed by atoms with Crippen molar-refractivity contribution in [2.75, 3.05) is 20.3 Å². The third-order valence-corrected chi connectivity index (χ3v) is 2.59. The fourth-order valence-corrected chi connectivity index (χ4v) is 1.76. The average molecular weight is 227 g/mol. The predicted octanol–water partition coefficient (Wildman–Crippen LogP) is 0.437. The zero-order valence-electron chi connectivity index (χ0n) is 9.39. The van der Waals surface area contributed by atoms with Crippen LogP contribution in [0.5, 0.6) is 0 Å². The molecule has 2 atom stereocenters. The Morgan fingerprint density at radius 3 is 3.19 bits per heavy atom.